The van der Waals surface area contributed by atoms with Crippen LogP contribution in [0.4, 0.5) is 26.3 Å². The van der Waals surface area contributed by atoms with Gasteiger partial charge in [0, 0.05) is 62.7 Å². The molecule has 1 aromatic heterocycles. The minimum absolute atomic E-state index is 0.0151. The number of piperazine rings is 1. The second kappa shape index (κ2) is 14.7. The molecule has 2 aromatic carbocycles. The Balaban J connectivity index is 1.36. The highest BCUT2D eigenvalue weighted by atomic mass is 19.4. The number of alkyl halides is 6. The monoisotopic (exact) mass is 679 g/mol. The van der Waals surface area contributed by atoms with Crippen LogP contribution in [-0.4, -0.2) is 82.2 Å². The third-order valence-corrected chi connectivity index (χ3v) is 9.23. The van der Waals surface area contributed by atoms with E-state index in [4.69, 9.17) is 0 Å². The molecular formula is C34H39F6N5O3. The van der Waals surface area contributed by atoms with Crippen LogP contribution < -0.4 is 5.32 Å². The number of aromatic amines is 1. The summed E-state index contributed by atoms with van der Waals surface area (Å²) in [7, 11) is 0. The lowest BCUT2D eigenvalue weighted by molar-refractivity contribution is -0.147. The van der Waals surface area contributed by atoms with Gasteiger partial charge in [0.1, 0.15) is 6.04 Å². The number of halogens is 6. The van der Waals surface area contributed by atoms with E-state index >= 15 is 0 Å². The number of benzene rings is 2. The maximum atomic E-state index is 14.0. The minimum atomic E-state index is -5.10. The lowest BCUT2D eigenvalue weighted by Crippen LogP contribution is -2.55. The van der Waals surface area contributed by atoms with Crippen LogP contribution in [0.15, 0.2) is 48.7 Å². The van der Waals surface area contributed by atoms with Crippen molar-refractivity contribution in [2.24, 2.45) is 0 Å². The standard InChI is InChI=1S/C34H39F6N5O3/c1-22(46)45(20-23-15-25(33(35,36)37)18-26(16-23)34(38,39)40)32(48)30(17-24-19-41-29-10-6-5-9-28(24)29)42-31(47)21-43-11-13-44(14-12-43)27-7-3-2-4-8-27/h5-6,9-10,15-16,18-19,27,30,41H,2-4,7-8,11-14,17,20-21H2,1H3,(H,42,47). The fourth-order valence-electron chi connectivity index (χ4n) is 6.72. The second-order valence-corrected chi connectivity index (χ2v) is 12.6. The van der Waals surface area contributed by atoms with Crippen LogP contribution in [0.2, 0.25) is 0 Å². The van der Waals surface area contributed by atoms with Crippen LogP contribution in [-0.2, 0) is 39.7 Å². The van der Waals surface area contributed by atoms with Gasteiger partial charge in [0.05, 0.1) is 24.2 Å². The molecule has 1 unspecified atom stereocenters. The summed E-state index contributed by atoms with van der Waals surface area (Å²) >= 11 is 0. The molecule has 2 heterocycles. The summed E-state index contributed by atoms with van der Waals surface area (Å²) in [5.74, 6) is -2.33. The Bertz CT molecular complexity index is 1570. The fraction of sp³-hybridized carbons (Fsp3) is 0.500. The number of imide groups is 1. The van der Waals surface area contributed by atoms with Crippen molar-refractivity contribution in [3.05, 3.63) is 70.9 Å². The predicted octanol–water partition coefficient (Wildman–Crippen LogP) is 5.76. The smallest absolute Gasteiger partial charge is 0.361 e. The van der Waals surface area contributed by atoms with Crippen LogP contribution >= 0.6 is 0 Å². The van der Waals surface area contributed by atoms with E-state index in [-0.39, 0.29) is 19.0 Å². The van der Waals surface area contributed by atoms with Crippen molar-refractivity contribution in [3.63, 3.8) is 0 Å². The predicted molar refractivity (Wildman–Crippen MR) is 166 cm³/mol. The zero-order valence-corrected chi connectivity index (χ0v) is 26.6. The van der Waals surface area contributed by atoms with Crippen molar-refractivity contribution in [2.45, 2.75) is 76.4 Å². The van der Waals surface area contributed by atoms with Crippen molar-refractivity contribution < 1.29 is 40.7 Å². The summed E-state index contributed by atoms with van der Waals surface area (Å²) < 4.78 is 81.2. The quantitative estimate of drug-likeness (QED) is 0.281. The van der Waals surface area contributed by atoms with Gasteiger partial charge in [0.25, 0.3) is 5.91 Å². The number of aromatic nitrogens is 1. The lowest BCUT2D eigenvalue weighted by Gasteiger charge is -2.40. The summed E-state index contributed by atoms with van der Waals surface area (Å²) in [6.45, 7) is 3.05. The van der Waals surface area contributed by atoms with Gasteiger partial charge in [-0.25, -0.2) is 0 Å². The Morgan fingerprint density at radius 1 is 0.917 bits per heavy atom. The molecule has 1 saturated carbocycles. The SMILES string of the molecule is CC(=O)N(Cc1cc(C(F)(F)F)cc(C(F)(F)F)c1)C(=O)C(Cc1c[nH]c2ccccc12)NC(=O)CN1CCN(C2CCCCC2)CC1. The number of para-hydroxylation sites is 1. The normalized spacial score (nSPS) is 17.7. The van der Waals surface area contributed by atoms with Crippen molar-refractivity contribution in [1.82, 2.24) is 25.0 Å². The van der Waals surface area contributed by atoms with Crippen molar-refractivity contribution >= 4 is 28.6 Å². The number of nitrogens with zero attached hydrogens (tertiary/aromatic N) is 3. The summed E-state index contributed by atoms with van der Waals surface area (Å²) in [4.78, 5) is 48.2. The molecule has 5 rings (SSSR count). The van der Waals surface area contributed by atoms with E-state index in [9.17, 15) is 40.7 Å². The number of carbonyl (C=O) groups is 3. The Morgan fingerprint density at radius 2 is 1.54 bits per heavy atom. The topological polar surface area (TPSA) is 88.8 Å². The molecule has 0 radical (unpaired) electrons. The molecule has 1 saturated heterocycles. The summed E-state index contributed by atoms with van der Waals surface area (Å²) in [6.07, 6.45) is -2.60. The molecule has 2 N–H and O–H groups in total. The summed E-state index contributed by atoms with van der Waals surface area (Å²) in [5.41, 5.74) is -2.26. The first-order valence-electron chi connectivity index (χ1n) is 16.1. The van der Waals surface area contributed by atoms with Crippen LogP contribution in [0.1, 0.15) is 61.3 Å². The molecule has 1 aliphatic carbocycles. The Morgan fingerprint density at radius 3 is 2.15 bits per heavy atom. The first-order chi connectivity index (χ1) is 22.7. The Kier molecular flexibility index (Phi) is 10.8. The van der Waals surface area contributed by atoms with Crippen molar-refractivity contribution in [1.29, 1.82) is 0 Å². The average molecular weight is 680 g/mol. The van der Waals surface area contributed by atoms with E-state index in [1.807, 2.05) is 17.0 Å². The van der Waals surface area contributed by atoms with Gasteiger partial charge in [-0.15, -0.1) is 0 Å². The minimum Gasteiger partial charge on any atom is -0.361 e. The van der Waals surface area contributed by atoms with Gasteiger partial charge in [0.15, 0.2) is 0 Å². The Labute approximate surface area is 274 Å². The number of H-pyrrole nitrogens is 1. The first kappa shape index (κ1) is 35.4. The van der Waals surface area contributed by atoms with Crippen molar-refractivity contribution in [3.8, 4) is 0 Å². The van der Waals surface area contributed by atoms with Crippen LogP contribution in [0.3, 0.4) is 0 Å². The molecule has 8 nitrogen and oxygen atoms in total. The third-order valence-electron chi connectivity index (χ3n) is 9.23. The molecule has 2 fully saturated rings. The summed E-state index contributed by atoms with van der Waals surface area (Å²) in [5, 5.41) is 3.48. The maximum absolute atomic E-state index is 14.0. The van der Waals surface area contributed by atoms with E-state index in [0.29, 0.717) is 41.7 Å². The molecule has 1 atom stereocenters. The molecule has 0 spiro atoms. The van der Waals surface area contributed by atoms with E-state index in [1.165, 1.54) is 32.1 Å². The molecule has 3 aromatic rings. The highest BCUT2D eigenvalue weighted by molar-refractivity contribution is 5.99. The van der Waals surface area contributed by atoms with Gasteiger partial charge >= 0.3 is 12.4 Å². The molecule has 0 bridgehead atoms. The molecule has 3 amide bonds. The number of amides is 3. The van der Waals surface area contributed by atoms with Crippen LogP contribution in [0, 0.1) is 0 Å². The lowest BCUT2D eigenvalue weighted by atomic mass is 9.94. The number of fused-ring (bicyclic) bond motifs is 1. The largest absolute Gasteiger partial charge is 0.416 e. The van der Waals surface area contributed by atoms with E-state index in [0.717, 1.165) is 30.9 Å². The molecule has 48 heavy (non-hydrogen) atoms. The average Bonchev–Trinajstić information content (AvgIpc) is 3.45. The van der Waals surface area contributed by atoms with Gasteiger partial charge in [0.2, 0.25) is 11.8 Å². The van der Waals surface area contributed by atoms with E-state index < -0.39 is 59.4 Å². The highest BCUT2D eigenvalue weighted by Crippen LogP contribution is 2.36. The molecule has 260 valence electrons. The van der Waals surface area contributed by atoms with Gasteiger partial charge < -0.3 is 10.3 Å². The van der Waals surface area contributed by atoms with Crippen LogP contribution in [0.5, 0.6) is 0 Å². The van der Waals surface area contributed by atoms with Gasteiger partial charge in [-0.2, -0.15) is 26.3 Å². The van der Waals surface area contributed by atoms with E-state index in [1.54, 1.807) is 18.3 Å². The number of hydrogen-bond acceptors (Lipinski definition) is 5. The van der Waals surface area contributed by atoms with Gasteiger partial charge in [-0.05, 0) is 48.2 Å². The molecule has 1 aliphatic heterocycles. The number of rotatable bonds is 9. The fourth-order valence-corrected chi connectivity index (χ4v) is 6.72. The van der Waals surface area contributed by atoms with Gasteiger partial charge in [-0.1, -0.05) is 37.5 Å². The third kappa shape index (κ3) is 8.76. The zero-order chi connectivity index (χ0) is 34.6. The number of carbonyl (C=O) groups excluding carboxylic acids is 3. The molecule has 14 heteroatoms. The summed E-state index contributed by atoms with van der Waals surface area (Å²) in [6, 6.07) is 7.38. The number of hydrogen-bond donors (Lipinski definition) is 2. The van der Waals surface area contributed by atoms with E-state index in [2.05, 4.69) is 15.2 Å². The highest BCUT2D eigenvalue weighted by Gasteiger charge is 2.38. The van der Waals surface area contributed by atoms with Gasteiger partial charge in [-0.3, -0.25) is 29.1 Å². The van der Waals surface area contributed by atoms with Crippen molar-refractivity contribution in [2.75, 3.05) is 32.7 Å². The second-order valence-electron chi connectivity index (χ2n) is 12.6. The zero-order valence-electron chi connectivity index (χ0n) is 26.6. The molecular weight excluding hydrogens is 640 g/mol. The Hall–Kier alpha value is -3.91. The molecule has 2 aliphatic rings. The number of nitrogens with one attached hydrogen (secondary N) is 2. The van der Waals surface area contributed by atoms with Crippen LogP contribution in [0.25, 0.3) is 10.9 Å². The maximum Gasteiger partial charge on any atom is 0.416 e. The first-order valence-corrected chi connectivity index (χ1v) is 16.1.